The zero-order valence-corrected chi connectivity index (χ0v) is 11.0. The Morgan fingerprint density at radius 2 is 2.42 bits per heavy atom. The summed E-state index contributed by atoms with van der Waals surface area (Å²) in [6.07, 6.45) is 1.96. The van der Waals surface area contributed by atoms with Gasteiger partial charge in [-0.3, -0.25) is 4.79 Å². The van der Waals surface area contributed by atoms with E-state index in [-0.39, 0.29) is 17.2 Å². The molecule has 1 aliphatic rings. The Balaban J connectivity index is 1.88. The Kier molecular flexibility index (Phi) is 4.63. The number of carbonyl (C=O) groups excluding carboxylic acids is 1. The Bertz CT molecular complexity index is 441. The zero-order chi connectivity index (χ0) is 13.7. The molecule has 1 heterocycles. The first-order chi connectivity index (χ1) is 9.22. The number of ether oxygens (including phenoxy) is 2. The minimum Gasteiger partial charge on any atom is -0.504 e. The highest BCUT2D eigenvalue weighted by atomic mass is 16.5. The SMILES string of the molecule is COc1cccc(C(=O)NCCC2CCOC2)c1O. The van der Waals surface area contributed by atoms with Crippen molar-refractivity contribution in [1.29, 1.82) is 0 Å². The summed E-state index contributed by atoms with van der Waals surface area (Å²) in [5, 5.41) is 12.7. The lowest BCUT2D eigenvalue weighted by molar-refractivity contribution is 0.0947. The monoisotopic (exact) mass is 265 g/mol. The predicted molar refractivity (Wildman–Crippen MR) is 70.5 cm³/mol. The van der Waals surface area contributed by atoms with E-state index in [1.165, 1.54) is 7.11 Å². The molecule has 1 unspecified atom stereocenters. The molecule has 1 aromatic rings. The van der Waals surface area contributed by atoms with Crippen LogP contribution in [0.4, 0.5) is 0 Å². The molecule has 104 valence electrons. The number of carbonyl (C=O) groups is 1. The number of benzene rings is 1. The molecule has 19 heavy (non-hydrogen) atoms. The first-order valence-corrected chi connectivity index (χ1v) is 6.44. The van der Waals surface area contributed by atoms with Crippen LogP contribution < -0.4 is 10.1 Å². The van der Waals surface area contributed by atoms with E-state index in [2.05, 4.69) is 5.32 Å². The van der Waals surface area contributed by atoms with Crippen LogP contribution in [0.3, 0.4) is 0 Å². The van der Waals surface area contributed by atoms with Gasteiger partial charge in [0.1, 0.15) is 0 Å². The van der Waals surface area contributed by atoms with E-state index in [4.69, 9.17) is 9.47 Å². The lowest BCUT2D eigenvalue weighted by Gasteiger charge is -2.11. The number of hydrogen-bond donors (Lipinski definition) is 2. The summed E-state index contributed by atoms with van der Waals surface area (Å²) >= 11 is 0. The van der Waals surface area contributed by atoms with Gasteiger partial charge in [0.2, 0.25) is 0 Å². The quantitative estimate of drug-likeness (QED) is 0.847. The summed E-state index contributed by atoms with van der Waals surface area (Å²) in [4.78, 5) is 11.9. The van der Waals surface area contributed by atoms with Gasteiger partial charge in [0.25, 0.3) is 5.91 Å². The van der Waals surface area contributed by atoms with Crippen molar-refractivity contribution in [2.24, 2.45) is 5.92 Å². The summed E-state index contributed by atoms with van der Waals surface area (Å²) in [6, 6.07) is 4.87. The van der Waals surface area contributed by atoms with Crippen LogP contribution in [-0.2, 0) is 4.74 Å². The minimum absolute atomic E-state index is 0.119. The van der Waals surface area contributed by atoms with Crippen molar-refractivity contribution in [3.8, 4) is 11.5 Å². The standard InChI is InChI=1S/C14H19NO4/c1-18-12-4-2-3-11(13(12)16)14(17)15-7-5-10-6-8-19-9-10/h2-4,10,16H,5-9H2,1H3,(H,15,17). The second kappa shape index (κ2) is 6.43. The van der Waals surface area contributed by atoms with Crippen LogP contribution in [0, 0.1) is 5.92 Å². The molecule has 1 saturated heterocycles. The van der Waals surface area contributed by atoms with E-state index in [0.29, 0.717) is 18.2 Å². The van der Waals surface area contributed by atoms with Crippen molar-refractivity contribution in [2.75, 3.05) is 26.9 Å². The molecule has 1 aliphatic heterocycles. The first-order valence-electron chi connectivity index (χ1n) is 6.44. The second-order valence-electron chi connectivity index (χ2n) is 4.63. The Morgan fingerprint density at radius 3 is 3.11 bits per heavy atom. The lowest BCUT2D eigenvalue weighted by atomic mass is 10.1. The van der Waals surface area contributed by atoms with Crippen LogP contribution in [0.1, 0.15) is 23.2 Å². The highest BCUT2D eigenvalue weighted by molar-refractivity contribution is 5.97. The highest BCUT2D eigenvalue weighted by Gasteiger charge is 2.17. The lowest BCUT2D eigenvalue weighted by Crippen LogP contribution is -2.26. The van der Waals surface area contributed by atoms with Crippen LogP contribution in [0.5, 0.6) is 11.5 Å². The Hall–Kier alpha value is -1.75. The smallest absolute Gasteiger partial charge is 0.255 e. The number of amides is 1. The van der Waals surface area contributed by atoms with Crippen LogP contribution in [0.15, 0.2) is 18.2 Å². The summed E-state index contributed by atoms with van der Waals surface area (Å²) < 4.78 is 10.3. The second-order valence-corrected chi connectivity index (χ2v) is 4.63. The molecule has 0 spiro atoms. The van der Waals surface area contributed by atoms with Gasteiger partial charge in [-0.05, 0) is 30.9 Å². The van der Waals surface area contributed by atoms with Crippen molar-refractivity contribution >= 4 is 5.91 Å². The number of phenols is 1. The van der Waals surface area contributed by atoms with E-state index < -0.39 is 0 Å². The summed E-state index contributed by atoms with van der Waals surface area (Å²) in [5.41, 5.74) is 0.238. The van der Waals surface area contributed by atoms with Crippen LogP contribution in [0.25, 0.3) is 0 Å². The van der Waals surface area contributed by atoms with Gasteiger partial charge < -0.3 is 19.9 Å². The average Bonchev–Trinajstić information content (AvgIpc) is 2.92. The molecule has 1 atom stereocenters. The Labute approximate surface area is 112 Å². The Morgan fingerprint density at radius 1 is 1.58 bits per heavy atom. The fourth-order valence-electron chi connectivity index (χ4n) is 2.17. The van der Waals surface area contributed by atoms with Gasteiger partial charge in [-0.25, -0.2) is 0 Å². The molecule has 1 aromatic carbocycles. The van der Waals surface area contributed by atoms with Gasteiger partial charge in [-0.15, -0.1) is 0 Å². The topological polar surface area (TPSA) is 67.8 Å². The van der Waals surface area contributed by atoms with Crippen LogP contribution in [0.2, 0.25) is 0 Å². The van der Waals surface area contributed by atoms with E-state index in [0.717, 1.165) is 26.1 Å². The molecule has 2 rings (SSSR count). The minimum atomic E-state index is -0.282. The molecule has 5 heteroatoms. The number of aromatic hydroxyl groups is 1. The third-order valence-corrected chi connectivity index (χ3v) is 3.33. The molecule has 0 saturated carbocycles. The predicted octanol–water partition coefficient (Wildman–Crippen LogP) is 1.56. The van der Waals surface area contributed by atoms with E-state index in [9.17, 15) is 9.90 Å². The molecule has 1 fully saturated rings. The first kappa shape index (κ1) is 13.7. The third kappa shape index (κ3) is 3.38. The van der Waals surface area contributed by atoms with Crippen molar-refractivity contribution in [3.63, 3.8) is 0 Å². The fourth-order valence-corrected chi connectivity index (χ4v) is 2.17. The van der Waals surface area contributed by atoms with Crippen molar-refractivity contribution in [2.45, 2.75) is 12.8 Å². The summed E-state index contributed by atoms with van der Waals surface area (Å²) in [7, 11) is 1.46. The van der Waals surface area contributed by atoms with Gasteiger partial charge in [0.05, 0.1) is 12.7 Å². The van der Waals surface area contributed by atoms with Crippen molar-refractivity contribution in [1.82, 2.24) is 5.32 Å². The van der Waals surface area contributed by atoms with Crippen molar-refractivity contribution < 1.29 is 19.4 Å². The third-order valence-electron chi connectivity index (χ3n) is 3.33. The van der Waals surface area contributed by atoms with E-state index in [1.54, 1.807) is 18.2 Å². The molecule has 5 nitrogen and oxygen atoms in total. The van der Waals surface area contributed by atoms with Gasteiger partial charge in [-0.2, -0.15) is 0 Å². The molecular formula is C14H19NO4. The highest BCUT2D eigenvalue weighted by Crippen LogP contribution is 2.29. The van der Waals surface area contributed by atoms with Crippen molar-refractivity contribution in [3.05, 3.63) is 23.8 Å². The number of nitrogens with one attached hydrogen (secondary N) is 1. The maximum atomic E-state index is 11.9. The van der Waals surface area contributed by atoms with Crippen LogP contribution in [-0.4, -0.2) is 37.9 Å². The maximum absolute atomic E-state index is 11.9. The van der Waals surface area contributed by atoms with E-state index in [1.807, 2.05) is 0 Å². The number of para-hydroxylation sites is 1. The van der Waals surface area contributed by atoms with Gasteiger partial charge in [0.15, 0.2) is 11.5 Å². The average molecular weight is 265 g/mol. The molecule has 0 radical (unpaired) electrons. The van der Waals surface area contributed by atoms with E-state index >= 15 is 0 Å². The maximum Gasteiger partial charge on any atom is 0.255 e. The number of rotatable bonds is 5. The summed E-state index contributed by atoms with van der Waals surface area (Å²) in [6.45, 7) is 2.18. The molecular weight excluding hydrogens is 246 g/mol. The fraction of sp³-hybridized carbons (Fsp3) is 0.500. The molecule has 0 aliphatic carbocycles. The molecule has 2 N–H and O–H groups in total. The number of methoxy groups -OCH3 is 1. The van der Waals surface area contributed by atoms with Gasteiger partial charge in [-0.1, -0.05) is 6.07 Å². The summed E-state index contributed by atoms with van der Waals surface area (Å²) in [5.74, 6) is 0.429. The van der Waals surface area contributed by atoms with Gasteiger partial charge >= 0.3 is 0 Å². The molecule has 0 aromatic heterocycles. The number of phenolic OH excluding ortho intramolecular Hbond substituents is 1. The normalized spacial score (nSPS) is 18.3. The molecule has 0 bridgehead atoms. The number of hydrogen-bond acceptors (Lipinski definition) is 4. The van der Waals surface area contributed by atoms with Gasteiger partial charge in [0, 0.05) is 19.8 Å². The van der Waals surface area contributed by atoms with Crippen LogP contribution >= 0.6 is 0 Å². The molecule has 1 amide bonds. The zero-order valence-electron chi connectivity index (χ0n) is 11.0. The largest absolute Gasteiger partial charge is 0.504 e.